The van der Waals surface area contributed by atoms with E-state index in [9.17, 15) is 14.5 Å². The highest BCUT2D eigenvalue weighted by molar-refractivity contribution is 5.63. The Morgan fingerprint density at radius 1 is 1.45 bits per heavy atom. The number of hydrogen-bond donors (Lipinski definition) is 1. The Hall–Kier alpha value is -2.44. The van der Waals surface area contributed by atoms with Crippen LogP contribution in [0.15, 0.2) is 22.7 Å². The summed E-state index contributed by atoms with van der Waals surface area (Å²) < 4.78 is 18.8. The predicted molar refractivity (Wildman–Crippen MR) is 71.1 cm³/mol. The van der Waals surface area contributed by atoms with Crippen LogP contribution in [0.1, 0.15) is 30.2 Å². The summed E-state index contributed by atoms with van der Waals surface area (Å²) in [4.78, 5) is 14.4. The number of hydrogen-bond acceptors (Lipinski definition) is 5. The van der Waals surface area contributed by atoms with Gasteiger partial charge in [0, 0.05) is 0 Å². The van der Waals surface area contributed by atoms with Gasteiger partial charge in [-0.2, -0.15) is 0 Å². The molecule has 0 amide bonds. The van der Waals surface area contributed by atoms with E-state index in [1.165, 1.54) is 6.07 Å². The molecule has 0 fully saturated rings. The fourth-order valence-electron chi connectivity index (χ4n) is 1.81. The maximum absolute atomic E-state index is 13.4. The number of aryl methyl sites for hydroxylation is 2. The number of halogens is 1. The first-order valence-corrected chi connectivity index (χ1v) is 6.02. The number of nitro groups is 1. The molecule has 106 valence electrons. The van der Waals surface area contributed by atoms with Crippen LogP contribution in [-0.2, 0) is 0 Å². The highest BCUT2D eigenvalue weighted by Gasteiger charge is 2.20. The molecule has 2 rings (SSSR count). The lowest BCUT2D eigenvalue weighted by atomic mass is 10.1. The van der Waals surface area contributed by atoms with Crippen LogP contribution in [0.3, 0.4) is 0 Å². The summed E-state index contributed by atoms with van der Waals surface area (Å²) in [6, 6.07) is 1.94. The zero-order valence-electron chi connectivity index (χ0n) is 11.3. The Balaban J connectivity index is 2.33. The highest BCUT2D eigenvalue weighted by atomic mass is 19.1. The first kappa shape index (κ1) is 14.0. The van der Waals surface area contributed by atoms with E-state index < -0.39 is 10.7 Å². The molecule has 1 aromatic heterocycles. The van der Waals surface area contributed by atoms with E-state index in [1.54, 1.807) is 27.0 Å². The minimum absolute atomic E-state index is 0.234. The zero-order chi connectivity index (χ0) is 14.9. The number of nitrogens with one attached hydrogen (secondary N) is 1. The average Bonchev–Trinajstić information content (AvgIpc) is 2.80. The molecule has 0 bridgehead atoms. The van der Waals surface area contributed by atoms with Gasteiger partial charge in [-0.05, 0) is 32.4 Å². The topological polar surface area (TPSA) is 81.2 Å². The fourth-order valence-corrected chi connectivity index (χ4v) is 1.81. The molecule has 7 heteroatoms. The van der Waals surface area contributed by atoms with E-state index >= 15 is 0 Å². The van der Waals surface area contributed by atoms with Crippen LogP contribution < -0.4 is 5.32 Å². The number of aromatic nitrogens is 1. The van der Waals surface area contributed by atoms with Crippen molar-refractivity contribution in [2.75, 3.05) is 5.32 Å². The summed E-state index contributed by atoms with van der Waals surface area (Å²) in [7, 11) is 0. The molecule has 20 heavy (non-hydrogen) atoms. The molecule has 0 spiro atoms. The average molecular weight is 279 g/mol. The number of nitro benzene ring substituents is 1. The molecule has 0 aliphatic rings. The van der Waals surface area contributed by atoms with Crippen LogP contribution in [0.4, 0.5) is 15.8 Å². The van der Waals surface area contributed by atoms with Crippen molar-refractivity contribution < 1.29 is 13.7 Å². The van der Waals surface area contributed by atoms with Gasteiger partial charge in [-0.25, -0.2) is 9.37 Å². The second-order valence-electron chi connectivity index (χ2n) is 4.55. The van der Waals surface area contributed by atoms with Crippen LogP contribution in [0.25, 0.3) is 0 Å². The number of oxazole rings is 1. The molecule has 0 saturated carbocycles. The monoisotopic (exact) mass is 279 g/mol. The highest BCUT2D eigenvalue weighted by Crippen LogP contribution is 2.30. The van der Waals surface area contributed by atoms with Gasteiger partial charge < -0.3 is 9.73 Å². The number of benzene rings is 1. The first-order chi connectivity index (χ1) is 9.38. The van der Waals surface area contributed by atoms with Crippen molar-refractivity contribution >= 4 is 11.4 Å². The van der Waals surface area contributed by atoms with Gasteiger partial charge in [-0.15, -0.1) is 0 Å². The number of rotatable bonds is 4. The molecule has 2 aromatic rings. The maximum Gasteiger partial charge on any atom is 0.295 e. The van der Waals surface area contributed by atoms with Crippen molar-refractivity contribution in [2.45, 2.75) is 26.8 Å². The smallest absolute Gasteiger partial charge is 0.295 e. The second kappa shape index (κ2) is 5.28. The van der Waals surface area contributed by atoms with Crippen molar-refractivity contribution in [1.29, 1.82) is 0 Å². The molecule has 1 heterocycles. The van der Waals surface area contributed by atoms with Crippen LogP contribution in [0.5, 0.6) is 0 Å². The van der Waals surface area contributed by atoms with Crippen LogP contribution in [0, 0.1) is 29.8 Å². The molecular formula is C13H14FN3O3. The van der Waals surface area contributed by atoms with Gasteiger partial charge in [0.15, 0.2) is 0 Å². The maximum atomic E-state index is 13.4. The van der Waals surface area contributed by atoms with Gasteiger partial charge in [0.1, 0.15) is 23.3 Å². The van der Waals surface area contributed by atoms with E-state index in [1.807, 2.05) is 0 Å². The lowest BCUT2D eigenvalue weighted by molar-refractivity contribution is -0.384. The van der Waals surface area contributed by atoms with E-state index in [-0.39, 0.29) is 17.4 Å². The Bertz CT molecular complexity index is 654. The molecule has 0 aliphatic carbocycles. The van der Waals surface area contributed by atoms with Gasteiger partial charge in [0.05, 0.1) is 17.2 Å². The predicted octanol–water partition coefficient (Wildman–Crippen LogP) is 3.51. The summed E-state index contributed by atoms with van der Waals surface area (Å²) in [6.45, 7) is 5.06. The second-order valence-corrected chi connectivity index (χ2v) is 4.55. The summed E-state index contributed by atoms with van der Waals surface area (Å²) >= 11 is 0. The lowest BCUT2D eigenvalue weighted by Gasteiger charge is -2.13. The molecule has 0 saturated heterocycles. The summed E-state index contributed by atoms with van der Waals surface area (Å²) in [5.74, 6) is 0.457. The Kier molecular flexibility index (Phi) is 3.69. The normalized spacial score (nSPS) is 12.2. The largest absolute Gasteiger partial charge is 0.444 e. The van der Waals surface area contributed by atoms with Gasteiger partial charge >= 0.3 is 0 Å². The molecule has 1 unspecified atom stereocenters. The third-order valence-electron chi connectivity index (χ3n) is 2.86. The first-order valence-electron chi connectivity index (χ1n) is 6.02. The van der Waals surface area contributed by atoms with Crippen molar-refractivity contribution in [3.05, 3.63) is 51.5 Å². The molecule has 1 N–H and O–H groups in total. The summed E-state index contributed by atoms with van der Waals surface area (Å²) in [5, 5.41) is 13.9. The van der Waals surface area contributed by atoms with Gasteiger partial charge in [-0.3, -0.25) is 10.1 Å². The van der Waals surface area contributed by atoms with Crippen molar-refractivity contribution in [2.24, 2.45) is 0 Å². The summed E-state index contributed by atoms with van der Waals surface area (Å²) in [5.41, 5.74) is 0.245. The number of anilines is 1. The minimum atomic E-state index is -0.627. The van der Waals surface area contributed by atoms with Crippen LogP contribution in [0.2, 0.25) is 0 Å². The molecule has 6 nitrogen and oxygen atoms in total. The van der Waals surface area contributed by atoms with E-state index in [2.05, 4.69) is 10.3 Å². The Labute approximate surface area is 114 Å². The SMILES string of the molecule is Cc1cnc(C(C)Nc2cc(C)c(F)cc2[N+](=O)[O-])o1. The quantitative estimate of drug-likeness (QED) is 0.684. The standard InChI is InChI=1S/C13H14FN3O3/c1-7-4-11(12(17(18)19)5-10(7)14)16-9(3)13-15-6-8(2)20-13/h4-6,9,16H,1-3H3. The number of nitrogens with zero attached hydrogens (tertiary/aromatic N) is 2. The van der Waals surface area contributed by atoms with Gasteiger partial charge in [-0.1, -0.05) is 0 Å². The van der Waals surface area contributed by atoms with Gasteiger partial charge in [0.2, 0.25) is 5.89 Å². The van der Waals surface area contributed by atoms with E-state index in [4.69, 9.17) is 4.42 Å². The fraction of sp³-hybridized carbons (Fsp3) is 0.308. The Morgan fingerprint density at radius 2 is 2.15 bits per heavy atom. The van der Waals surface area contributed by atoms with Crippen molar-refractivity contribution in [3.8, 4) is 0 Å². The molecular weight excluding hydrogens is 265 g/mol. The third-order valence-corrected chi connectivity index (χ3v) is 2.86. The van der Waals surface area contributed by atoms with Crippen molar-refractivity contribution in [3.63, 3.8) is 0 Å². The molecule has 0 radical (unpaired) electrons. The van der Waals surface area contributed by atoms with E-state index in [0.717, 1.165) is 6.07 Å². The zero-order valence-corrected chi connectivity index (χ0v) is 11.3. The van der Waals surface area contributed by atoms with Crippen molar-refractivity contribution in [1.82, 2.24) is 4.98 Å². The molecule has 1 aromatic carbocycles. The van der Waals surface area contributed by atoms with Crippen LogP contribution in [-0.4, -0.2) is 9.91 Å². The Morgan fingerprint density at radius 3 is 2.70 bits per heavy atom. The summed E-state index contributed by atoms with van der Waals surface area (Å²) in [6.07, 6.45) is 1.57. The lowest BCUT2D eigenvalue weighted by Crippen LogP contribution is -2.09. The van der Waals surface area contributed by atoms with Crippen LogP contribution >= 0.6 is 0 Å². The third kappa shape index (κ3) is 2.76. The molecule has 0 aliphatic heterocycles. The van der Waals surface area contributed by atoms with E-state index in [0.29, 0.717) is 17.2 Å². The van der Waals surface area contributed by atoms with Gasteiger partial charge in [0.25, 0.3) is 5.69 Å². The molecule has 1 atom stereocenters. The minimum Gasteiger partial charge on any atom is -0.444 e.